The van der Waals surface area contributed by atoms with Crippen molar-refractivity contribution in [2.45, 2.75) is 32.2 Å². The highest BCUT2D eigenvalue weighted by molar-refractivity contribution is 6.31. The van der Waals surface area contributed by atoms with Gasteiger partial charge in [0.15, 0.2) is 0 Å². The molecule has 0 bridgehead atoms. The molecule has 4 heteroatoms. The summed E-state index contributed by atoms with van der Waals surface area (Å²) in [5, 5.41) is 3.38. The van der Waals surface area contributed by atoms with Gasteiger partial charge in [-0.05, 0) is 31.0 Å². The van der Waals surface area contributed by atoms with Crippen molar-refractivity contribution in [1.29, 1.82) is 0 Å². The van der Waals surface area contributed by atoms with Crippen molar-refractivity contribution in [2.75, 3.05) is 6.54 Å². The lowest BCUT2D eigenvalue weighted by Crippen LogP contribution is -2.38. The largest absolute Gasteiger partial charge is 0.309 e. The van der Waals surface area contributed by atoms with E-state index in [4.69, 9.17) is 11.6 Å². The van der Waals surface area contributed by atoms with Gasteiger partial charge >= 0.3 is 0 Å². The predicted octanol–water partition coefficient (Wildman–Crippen LogP) is 3.52. The van der Waals surface area contributed by atoms with E-state index in [0.29, 0.717) is 11.6 Å². The molecule has 0 saturated carbocycles. The topological polar surface area (TPSA) is 12.0 Å². The smallest absolute Gasteiger partial charge is 0.254 e. The summed E-state index contributed by atoms with van der Waals surface area (Å²) in [7, 11) is 0. The number of rotatable bonds is 6. The zero-order valence-electron chi connectivity index (χ0n) is 9.22. The highest BCUT2D eigenvalue weighted by Crippen LogP contribution is 2.18. The quantitative estimate of drug-likeness (QED) is 0.811. The Labute approximate surface area is 99.8 Å². The van der Waals surface area contributed by atoms with E-state index >= 15 is 0 Å². The Hall–Kier alpha value is -0.670. The lowest BCUT2D eigenvalue weighted by molar-refractivity contribution is 0.0983. The molecular weight excluding hydrogens is 232 g/mol. The average molecular weight is 248 g/mol. The van der Waals surface area contributed by atoms with Crippen LogP contribution >= 0.6 is 11.6 Å². The van der Waals surface area contributed by atoms with Crippen molar-refractivity contribution >= 4 is 11.6 Å². The number of hydrogen-bond acceptors (Lipinski definition) is 1. The fourth-order valence-electron chi connectivity index (χ4n) is 1.48. The Morgan fingerprint density at radius 2 is 2.00 bits per heavy atom. The molecule has 0 aliphatic carbocycles. The second kappa shape index (κ2) is 6.81. The van der Waals surface area contributed by atoms with Gasteiger partial charge in [-0.15, -0.1) is 0 Å². The molecule has 16 heavy (non-hydrogen) atoms. The highest BCUT2D eigenvalue weighted by atomic mass is 35.5. The third kappa shape index (κ3) is 4.06. The maximum atomic E-state index is 12.7. The van der Waals surface area contributed by atoms with Gasteiger partial charge in [0.1, 0.15) is 0 Å². The average Bonchev–Trinajstić information content (AvgIpc) is 2.26. The minimum atomic E-state index is -2.37. The summed E-state index contributed by atoms with van der Waals surface area (Å²) in [4.78, 5) is 0. The molecule has 90 valence electrons. The highest BCUT2D eigenvalue weighted by Gasteiger charge is 2.20. The third-order valence-electron chi connectivity index (χ3n) is 2.36. The van der Waals surface area contributed by atoms with E-state index in [2.05, 4.69) is 5.32 Å². The van der Waals surface area contributed by atoms with Crippen LogP contribution in [0, 0.1) is 0 Å². The standard InChI is InChI=1S/C12H16ClF2N/c1-2-7-16-11(12(14)15)8-9-5-3-4-6-10(9)13/h3-6,11-12,16H,2,7-8H2,1H3. The Morgan fingerprint density at radius 3 is 2.56 bits per heavy atom. The number of hydrogen-bond donors (Lipinski definition) is 1. The first-order valence-electron chi connectivity index (χ1n) is 5.40. The molecule has 0 heterocycles. The van der Waals surface area contributed by atoms with Gasteiger partial charge in [0.25, 0.3) is 6.43 Å². The molecule has 1 aromatic rings. The SMILES string of the molecule is CCCNC(Cc1ccccc1Cl)C(F)F. The first-order chi connectivity index (χ1) is 7.65. The number of alkyl halides is 2. The van der Waals surface area contributed by atoms with Crippen molar-refractivity contribution in [3.05, 3.63) is 34.9 Å². The van der Waals surface area contributed by atoms with Gasteiger partial charge in [-0.25, -0.2) is 8.78 Å². The molecule has 1 nitrogen and oxygen atoms in total. The van der Waals surface area contributed by atoms with Crippen LogP contribution in [0.2, 0.25) is 5.02 Å². The Morgan fingerprint density at radius 1 is 1.31 bits per heavy atom. The molecule has 0 amide bonds. The van der Waals surface area contributed by atoms with Crippen LogP contribution in [-0.4, -0.2) is 19.0 Å². The van der Waals surface area contributed by atoms with Crippen LogP contribution in [0.3, 0.4) is 0 Å². The van der Waals surface area contributed by atoms with Gasteiger partial charge in [-0.3, -0.25) is 0 Å². The first kappa shape index (κ1) is 13.4. The third-order valence-corrected chi connectivity index (χ3v) is 2.73. The maximum absolute atomic E-state index is 12.7. The molecule has 1 unspecified atom stereocenters. The van der Waals surface area contributed by atoms with Crippen molar-refractivity contribution in [2.24, 2.45) is 0 Å². The second-order valence-electron chi connectivity index (χ2n) is 3.69. The van der Waals surface area contributed by atoms with E-state index in [1.807, 2.05) is 13.0 Å². The predicted molar refractivity (Wildman–Crippen MR) is 63.2 cm³/mol. The molecular formula is C12H16ClF2N. The summed E-state index contributed by atoms with van der Waals surface area (Å²) in [6.07, 6.45) is -1.27. The molecule has 0 spiro atoms. The van der Waals surface area contributed by atoms with Crippen LogP contribution in [0.15, 0.2) is 24.3 Å². The van der Waals surface area contributed by atoms with E-state index < -0.39 is 12.5 Å². The lowest BCUT2D eigenvalue weighted by Gasteiger charge is -2.18. The Balaban J connectivity index is 2.64. The number of nitrogens with one attached hydrogen (secondary N) is 1. The normalized spacial score (nSPS) is 13.1. The summed E-state index contributed by atoms with van der Waals surface area (Å²) in [5.74, 6) is 0. The summed E-state index contributed by atoms with van der Waals surface area (Å²) in [6.45, 7) is 2.55. The van der Waals surface area contributed by atoms with Crippen LogP contribution in [0.5, 0.6) is 0 Å². The minimum absolute atomic E-state index is 0.261. The lowest BCUT2D eigenvalue weighted by atomic mass is 10.1. The fraction of sp³-hybridized carbons (Fsp3) is 0.500. The van der Waals surface area contributed by atoms with Crippen LogP contribution in [0.1, 0.15) is 18.9 Å². The van der Waals surface area contributed by atoms with Crippen molar-refractivity contribution < 1.29 is 8.78 Å². The summed E-state index contributed by atoms with van der Waals surface area (Å²) in [5.41, 5.74) is 0.762. The summed E-state index contributed by atoms with van der Waals surface area (Å²) in [6, 6.07) is 6.29. The molecule has 1 aromatic carbocycles. The van der Waals surface area contributed by atoms with Crippen LogP contribution in [0.4, 0.5) is 8.78 Å². The van der Waals surface area contributed by atoms with Crippen molar-refractivity contribution in [1.82, 2.24) is 5.32 Å². The molecule has 0 saturated heterocycles. The molecule has 0 radical (unpaired) electrons. The number of halogens is 3. The molecule has 0 aromatic heterocycles. The fourth-order valence-corrected chi connectivity index (χ4v) is 1.69. The minimum Gasteiger partial charge on any atom is -0.309 e. The van der Waals surface area contributed by atoms with Crippen LogP contribution < -0.4 is 5.32 Å². The molecule has 0 fully saturated rings. The zero-order valence-corrected chi connectivity index (χ0v) is 9.98. The van der Waals surface area contributed by atoms with Gasteiger partial charge < -0.3 is 5.32 Å². The Bertz CT molecular complexity index is 318. The maximum Gasteiger partial charge on any atom is 0.254 e. The molecule has 1 rings (SSSR count). The molecule has 0 aliphatic rings. The van der Waals surface area contributed by atoms with Crippen LogP contribution in [0.25, 0.3) is 0 Å². The first-order valence-corrected chi connectivity index (χ1v) is 5.78. The van der Waals surface area contributed by atoms with E-state index in [1.165, 1.54) is 0 Å². The Kier molecular flexibility index (Phi) is 5.71. The monoisotopic (exact) mass is 247 g/mol. The van der Waals surface area contributed by atoms with E-state index in [0.717, 1.165) is 12.0 Å². The van der Waals surface area contributed by atoms with Crippen LogP contribution in [-0.2, 0) is 6.42 Å². The van der Waals surface area contributed by atoms with Gasteiger partial charge in [0.05, 0.1) is 6.04 Å². The van der Waals surface area contributed by atoms with Crippen molar-refractivity contribution in [3.8, 4) is 0 Å². The van der Waals surface area contributed by atoms with Gasteiger partial charge in [0, 0.05) is 5.02 Å². The zero-order chi connectivity index (χ0) is 12.0. The van der Waals surface area contributed by atoms with E-state index in [1.54, 1.807) is 18.2 Å². The molecule has 1 N–H and O–H groups in total. The second-order valence-corrected chi connectivity index (χ2v) is 4.10. The van der Waals surface area contributed by atoms with Gasteiger partial charge in [-0.1, -0.05) is 36.7 Å². The van der Waals surface area contributed by atoms with Crippen molar-refractivity contribution in [3.63, 3.8) is 0 Å². The van der Waals surface area contributed by atoms with Gasteiger partial charge in [-0.2, -0.15) is 0 Å². The summed E-state index contributed by atoms with van der Waals surface area (Å²) >= 11 is 5.93. The molecule has 1 atom stereocenters. The molecule has 0 aliphatic heterocycles. The number of benzene rings is 1. The van der Waals surface area contributed by atoms with Gasteiger partial charge in [0.2, 0.25) is 0 Å². The summed E-state index contributed by atoms with van der Waals surface area (Å²) < 4.78 is 25.5. The van der Waals surface area contributed by atoms with E-state index in [-0.39, 0.29) is 6.42 Å². The van der Waals surface area contributed by atoms with E-state index in [9.17, 15) is 8.78 Å².